The van der Waals surface area contributed by atoms with E-state index >= 15 is 0 Å². The lowest BCUT2D eigenvalue weighted by molar-refractivity contribution is 0.402. The zero-order valence-electron chi connectivity index (χ0n) is 9.70. The van der Waals surface area contributed by atoms with Gasteiger partial charge < -0.3 is 9.47 Å². The normalized spacial score (nSPS) is 11.0. The minimum absolute atomic E-state index is 0.368. The van der Waals surface area contributed by atoms with Crippen molar-refractivity contribution in [1.29, 1.82) is 0 Å². The SMILES string of the molecule is COc1cc(NS(C)(=O)=O)c(OC)cc1C. The molecule has 0 aliphatic rings. The molecule has 90 valence electrons. The van der Waals surface area contributed by atoms with Gasteiger partial charge in [0.05, 0.1) is 26.2 Å². The Morgan fingerprint density at radius 1 is 1.12 bits per heavy atom. The molecule has 0 heterocycles. The zero-order valence-corrected chi connectivity index (χ0v) is 10.5. The Kier molecular flexibility index (Phi) is 3.64. The van der Waals surface area contributed by atoms with Gasteiger partial charge in [-0.1, -0.05) is 0 Å². The third kappa shape index (κ3) is 3.03. The second kappa shape index (κ2) is 4.61. The number of anilines is 1. The number of rotatable bonds is 4. The van der Waals surface area contributed by atoms with Gasteiger partial charge in [-0.3, -0.25) is 4.72 Å². The van der Waals surface area contributed by atoms with Crippen molar-refractivity contribution in [3.8, 4) is 11.5 Å². The summed E-state index contributed by atoms with van der Waals surface area (Å²) in [7, 11) is -0.325. The Hall–Kier alpha value is -1.43. The molecule has 0 atom stereocenters. The van der Waals surface area contributed by atoms with Crippen molar-refractivity contribution in [2.45, 2.75) is 6.92 Å². The number of hydrogen-bond donors (Lipinski definition) is 1. The summed E-state index contributed by atoms with van der Waals surface area (Å²) in [5.74, 6) is 1.07. The molecule has 0 saturated carbocycles. The monoisotopic (exact) mass is 245 g/mol. The van der Waals surface area contributed by atoms with Gasteiger partial charge in [0, 0.05) is 6.07 Å². The molecule has 6 heteroatoms. The Morgan fingerprint density at radius 2 is 1.69 bits per heavy atom. The van der Waals surface area contributed by atoms with Crippen LogP contribution in [0.3, 0.4) is 0 Å². The maximum Gasteiger partial charge on any atom is 0.229 e. The minimum atomic E-state index is -3.33. The van der Waals surface area contributed by atoms with Crippen LogP contribution in [0.15, 0.2) is 12.1 Å². The minimum Gasteiger partial charge on any atom is -0.496 e. The lowest BCUT2D eigenvalue weighted by Crippen LogP contribution is -2.10. The van der Waals surface area contributed by atoms with Crippen LogP contribution in [0.4, 0.5) is 5.69 Å². The third-order valence-electron chi connectivity index (χ3n) is 2.01. The molecule has 1 N–H and O–H groups in total. The molecule has 1 aromatic rings. The molecule has 0 saturated heterocycles. The highest BCUT2D eigenvalue weighted by atomic mass is 32.2. The first-order valence-electron chi connectivity index (χ1n) is 4.58. The molecule has 0 aromatic heterocycles. The van der Waals surface area contributed by atoms with Crippen molar-refractivity contribution in [2.75, 3.05) is 25.2 Å². The highest BCUT2D eigenvalue weighted by Crippen LogP contribution is 2.32. The topological polar surface area (TPSA) is 64.6 Å². The van der Waals surface area contributed by atoms with Crippen LogP contribution in [-0.2, 0) is 10.0 Å². The zero-order chi connectivity index (χ0) is 12.3. The van der Waals surface area contributed by atoms with Gasteiger partial charge in [-0.2, -0.15) is 0 Å². The van der Waals surface area contributed by atoms with Gasteiger partial charge >= 0.3 is 0 Å². The Balaban J connectivity index is 3.25. The number of sulfonamides is 1. The van der Waals surface area contributed by atoms with E-state index in [0.29, 0.717) is 17.2 Å². The van der Waals surface area contributed by atoms with Crippen molar-refractivity contribution in [1.82, 2.24) is 0 Å². The van der Waals surface area contributed by atoms with E-state index in [0.717, 1.165) is 11.8 Å². The summed E-state index contributed by atoms with van der Waals surface area (Å²) < 4.78 is 34.9. The van der Waals surface area contributed by atoms with Gasteiger partial charge in [0.25, 0.3) is 0 Å². The third-order valence-corrected chi connectivity index (χ3v) is 2.60. The summed E-state index contributed by atoms with van der Waals surface area (Å²) in [6.07, 6.45) is 1.08. The smallest absolute Gasteiger partial charge is 0.229 e. The molecule has 0 fully saturated rings. The van der Waals surface area contributed by atoms with Crippen LogP contribution < -0.4 is 14.2 Å². The van der Waals surface area contributed by atoms with Gasteiger partial charge in [0.2, 0.25) is 10.0 Å². The summed E-state index contributed by atoms with van der Waals surface area (Å²) >= 11 is 0. The number of ether oxygens (including phenoxy) is 2. The molecule has 0 bridgehead atoms. The fourth-order valence-corrected chi connectivity index (χ4v) is 1.89. The summed E-state index contributed by atoms with van der Waals surface area (Å²) in [4.78, 5) is 0. The van der Waals surface area contributed by atoms with Crippen molar-refractivity contribution in [2.24, 2.45) is 0 Å². The molecule has 0 spiro atoms. The van der Waals surface area contributed by atoms with Crippen LogP contribution in [0.1, 0.15) is 5.56 Å². The molecule has 1 rings (SSSR count). The van der Waals surface area contributed by atoms with Crippen LogP contribution in [0.2, 0.25) is 0 Å². The van der Waals surface area contributed by atoms with Crippen molar-refractivity contribution in [3.63, 3.8) is 0 Å². The Morgan fingerprint density at radius 3 is 2.12 bits per heavy atom. The fraction of sp³-hybridized carbons (Fsp3) is 0.400. The van der Waals surface area contributed by atoms with Crippen molar-refractivity contribution >= 4 is 15.7 Å². The van der Waals surface area contributed by atoms with Gasteiger partial charge in [-0.05, 0) is 18.6 Å². The predicted octanol–water partition coefficient (Wildman–Crippen LogP) is 1.38. The Bertz CT molecular complexity index is 482. The van der Waals surface area contributed by atoms with Crippen LogP contribution >= 0.6 is 0 Å². The molecule has 16 heavy (non-hydrogen) atoms. The largest absolute Gasteiger partial charge is 0.496 e. The second-order valence-electron chi connectivity index (χ2n) is 3.40. The van der Waals surface area contributed by atoms with E-state index in [-0.39, 0.29) is 0 Å². The standard InChI is InChI=1S/C10H15NO4S/c1-7-5-10(15-3)8(6-9(7)14-2)11-16(4,12)13/h5-6,11H,1-4H3. The molecule has 0 amide bonds. The van der Waals surface area contributed by atoms with Gasteiger partial charge in [-0.15, -0.1) is 0 Å². The highest BCUT2D eigenvalue weighted by molar-refractivity contribution is 7.92. The van der Waals surface area contributed by atoms with E-state index in [2.05, 4.69) is 4.72 Å². The average molecular weight is 245 g/mol. The maximum atomic E-state index is 11.1. The molecule has 0 aliphatic carbocycles. The molecule has 5 nitrogen and oxygen atoms in total. The summed E-state index contributed by atoms with van der Waals surface area (Å²) in [6, 6.07) is 3.31. The number of aryl methyl sites for hydroxylation is 1. The lowest BCUT2D eigenvalue weighted by atomic mass is 10.2. The first-order chi connectivity index (χ1) is 7.37. The molecule has 1 aromatic carbocycles. The first kappa shape index (κ1) is 12.6. The van der Waals surface area contributed by atoms with E-state index < -0.39 is 10.0 Å². The van der Waals surface area contributed by atoms with E-state index in [4.69, 9.17) is 9.47 Å². The second-order valence-corrected chi connectivity index (χ2v) is 5.14. The molecule has 0 radical (unpaired) electrons. The molecule has 0 aliphatic heterocycles. The van der Waals surface area contributed by atoms with Gasteiger partial charge in [0.1, 0.15) is 11.5 Å². The number of benzene rings is 1. The number of methoxy groups -OCH3 is 2. The summed E-state index contributed by atoms with van der Waals surface area (Å²) in [5.41, 5.74) is 1.24. The van der Waals surface area contributed by atoms with Crippen molar-refractivity contribution in [3.05, 3.63) is 17.7 Å². The van der Waals surface area contributed by atoms with E-state index in [9.17, 15) is 8.42 Å². The average Bonchev–Trinajstić information content (AvgIpc) is 2.18. The van der Waals surface area contributed by atoms with Gasteiger partial charge in [-0.25, -0.2) is 8.42 Å². The van der Waals surface area contributed by atoms with E-state index in [1.54, 1.807) is 12.1 Å². The lowest BCUT2D eigenvalue weighted by Gasteiger charge is -2.13. The van der Waals surface area contributed by atoms with Gasteiger partial charge in [0.15, 0.2) is 0 Å². The predicted molar refractivity (Wildman–Crippen MR) is 62.7 cm³/mol. The molecular weight excluding hydrogens is 230 g/mol. The summed E-state index contributed by atoms with van der Waals surface area (Å²) in [6.45, 7) is 1.85. The summed E-state index contributed by atoms with van der Waals surface area (Å²) in [5, 5.41) is 0. The van der Waals surface area contributed by atoms with Crippen LogP contribution in [0.25, 0.3) is 0 Å². The fourth-order valence-electron chi connectivity index (χ4n) is 1.33. The molecule has 0 unspecified atom stereocenters. The quantitative estimate of drug-likeness (QED) is 0.870. The van der Waals surface area contributed by atoms with E-state index in [1.807, 2.05) is 6.92 Å². The van der Waals surface area contributed by atoms with E-state index in [1.165, 1.54) is 14.2 Å². The van der Waals surface area contributed by atoms with Crippen LogP contribution in [0.5, 0.6) is 11.5 Å². The molecular formula is C10H15NO4S. The number of nitrogens with one attached hydrogen (secondary N) is 1. The van der Waals surface area contributed by atoms with Crippen LogP contribution in [0, 0.1) is 6.92 Å². The first-order valence-corrected chi connectivity index (χ1v) is 6.47. The Labute approximate surface area is 95.4 Å². The maximum absolute atomic E-state index is 11.1. The van der Waals surface area contributed by atoms with Crippen LogP contribution in [-0.4, -0.2) is 28.9 Å². The highest BCUT2D eigenvalue weighted by Gasteiger charge is 2.11. The van der Waals surface area contributed by atoms with Crippen molar-refractivity contribution < 1.29 is 17.9 Å². The number of hydrogen-bond acceptors (Lipinski definition) is 4.